The molecule has 1 aromatic carbocycles. The molecular formula is C28H43N3O2. The molecule has 0 unspecified atom stereocenters. The molecule has 33 heavy (non-hydrogen) atoms. The molecule has 2 amide bonds. The summed E-state index contributed by atoms with van der Waals surface area (Å²) in [6.45, 7) is 7.24. The standard InChI is InChI=1S/C28H43N3O2/c32-28-30(20-21-31(28)25-8-2-1-3-9-25)17-7-6-16-29-18-14-24(15-19-29)26-10-4-5-11-27(26)33-22-23-12-13-23/h4-5,10-11,23-25H,1-3,6-9,12-22H2. The summed E-state index contributed by atoms with van der Waals surface area (Å²) >= 11 is 0. The number of amides is 2. The Labute approximate surface area is 200 Å². The first-order valence-electron chi connectivity index (χ1n) is 13.8. The normalized spacial score (nSPS) is 23.5. The highest BCUT2D eigenvalue weighted by atomic mass is 16.5. The number of nitrogens with zero attached hydrogens (tertiary/aromatic N) is 3. The molecule has 4 aliphatic rings. The predicted octanol–water partition coefficient (Wildman–Crippen LogP) is 5.51. The number of urea groups is 1. The molecule has 2 heterocycles. The Hall–Kier alpha value is -1.75. The van der Waals surface area contributed by atoms with Gasteiger partial charge >= 0.3 is 6.03 Å². The second-order valence-electron chi connectivity index (χ2n) is 10.9. The summed E-state index contributed by atoms with van der Waals surface area (Å²) in [6.07, 6.45) is 13.8. The van der Waals surface area contributed by atoms with Gasteiger partial charge in [0.15, 0.2) is 0 Å². The van der Waals surface area contributed by atoms with Gasteiger partial charge in [-0.25, -0.2) is 4.79 Å². The van der Waals surface area contributed by atoms with E-state index < -0.39 is 0 Å². The van der Waals surface area contributed by atoms with Crippen molar-refractivity contribution < 1.29 is 9.53 Å². The number of hydrogen-bond donors (Lipinski definition) is 0. The van der Waals surface area contributed by atoms with Gasteiger partial charge in [0.1, 0.15) is 5.75 Å². The van der Waals surface area contributed by atoms with Crippen molar-refractivity contribution in [3.05, 3.63) is 29.8 Å². The number of piperidine rings is 1. The predicted molar refractivity (Wildman–Crippen MR) is 133 cm³/mol. The molecule has 1 aromatic rings. The molecule has 2 saturated heterocycles. The number of carbonyl (C=O) groups is 1. The van der Waals surface area contributed by atoms with Crippen LogP contribution in [-0.4, -0.2) is 72.6 Å². The van der Waals surface area contributed by atoms with E-state index in [1.54, 1.807) is 0 Å². The largest absolute Gasteiger partial charge is 0.493 e. The minimum absolute atomic E-state index is 0.310. The zero-order valence-corrected chi connectivity index (χ0v) is 20.4. The summed E-state index contributed by atoms with van der Waals surface area (Å²) in [4.78, 5) is 19.7. The lowest BCUT2D eigenvalue weighted by atomic mass is 9.88. The minimum atomic E-state index is 0.310. The Morgan fingerprint density at radius 3 is 2.36 bits per heavy atom. The Kier molecular flexibility index (Phi) is 7.75. The van der Waals surface area contributed by atoms with Gasteiger partial charge in [0, 0.05) is 25.7 Å². The van der Waals surface area contributed by atoms with Crippen molar-refractivity contribution in [2.75, 3.05) is 45.9 Å². The van der Waals surface area contributed by atoms with Gasteiger partial charge in [-0.05, 0) is 94.5 Å². The van der Waals surface area contributed by atoms with Crippen LogP contribution in [0.2, 0.25) is 0 Å². The number of ether oxygens (including phenoxy) is 1. The van der Waals surface area contributed by atoms with E-state index in [4.69, 9.17) is 4.74 Å². The molecule has 0 N–H and O–H groups in total. The lowest BCUT2D eigenvalue weighted by molar-refractivity contribution is 0.162. The maximum Gasteiger partial charge on any atom is 0.320 e. The molecule has 182 valence electrons. The van der Waals surface area contributed by atoms with E-state index >= 15 is 0 Å². The third kappa shape index (κ3) is 6.03. The van der Waals surface area contributed by atoms with Gasteiger partial charge in [0.2, 0.25) is 0 Å². The Balaban J connectivity index is 0.998. The fourth-order valence-corrected chi connectivity index (χ4v) is 6.09. The topological polar surface area (TPSA) is 36.0 Å². The molecule has 5 rings (SSSR count). The van der Waals surface area contributed by atoms with Gasteiger partial charge in [-0.1, -0.05) is 37.5 Å². The summed E-state index contributed by atoms with van der Waals surface area (Å²) in [5, 5.41) is 0. The number of likely N-dealkylation sites (tertiary alicyclic amines) is 1. The Bertz CT molecular complexity index is 766. The molecular weight excluding hydrogens is 410 g/mol. The van der Waals surface area contributed by atoms with Crippen LogP contribution in [0.25, 0.3) is 0 Å². The first kappa shape index (κ1) is 23.0. The highest BCUT2D eigenvalue weighted by Crippen LogP contribution is 2.36. The average Bonchev–Trinajstić information content (AvgIpc) is 3.63. The van der Waals surface area contributed by atoms with Gasteiger partial charge in [-0.3, -0.25) is 0 Å². The van der Waals surface area contributed by atoms with Crippen molar-refractivity contribution in [2.45, 2.75) is 82.6 Å². The van der Waals surface area contributed by atoms with Crippen LogP contribution in [0, 0.1) is 5.92 Å². The molecule has 0 spiro atoms. The first-order valence-corrected chi connectivity index (χ1v) is 13.8. The van der Waals surface area contributed by atoms with Crippen molar-refractivity contribution in [3.8, 4) is 5.75 Å². The van der Waals surface area contributed by atoms with E-state index in [1.165, 1.54) is 89.4 Å². The van der Waals surface area contributed by atoms with Crippen LogP contribution in [-0.2, 0) is 0 Å². The zero-order valence-electron chi connectivity index (χ0n) is 20.4. The van der Waals surface area contributed by atoms with E-state index in [1.807, 2.05) is 0 Å². The molecule has 0 aromatic heterocycles. The van der Waals surface area contributed by atoms with Crippen LogP contribution in [0.1, 0.15) is 82.1 Å². The molecule has 2 aliphatic carbocycles. The molecule has 0 atom stereocenters. The average molecular weight is 454 g/mol. The van der Waals surface area contributed by atoms with Gasteiger partial charge in [-0.15, -0.1) is 0 Å². The van der Waals surface area contributed by atoms with Crippen molar-refractivity contribution in [2.24, 2.45) is 5.92 Å². The summed E-state index contributed by atoms with van der Waals surface area (Å²) in [7, 11) is 0. The zero-order chi connectivity index (χ0) is 22.5. The second-order valence-corrected chi connectivity index (χ2v) is 10.9. The Morgan fingerprint density at radius 1 is 0.818 bits per heavy atom. The molecule has 0 bridgehead atoms. The smallest absolute Gasteiger partial charge is 0.320 e. The quantitative estimate of drug-likeness (QED) is 0.439. The molecule has 5 heteroatoms. The number of para-hydroxylation sites is 1. The van der Waals surface area contributed by atoms with Gasteiger partial charge < -0.3 is 19.4 Å². The Morgan fingerprint density at radius 2 is 1.58 bits per heavy atom. The van der Waals surface area contributed by atoms with Crippen molar-refractivity contribution in [3.63, 3.8) is 0 Å². The molecule has 2 saturated carbocycles. The number of unbranched alkanes of at least 4 members (excludes halogenated alkanes) is 1. The van der Waals surface area contributed by atoms with E-state index in [2.05, 4.69) is 39.0 Å². The van der Waals surface area contributed by atoms with E-state index in [0.29, 0.717) is 18.0 Å². The van der Waals surface area contributed by atoms with Crippen LogP contribution in [0.5, 0.6) is 5.75 Å². The maximum absolute atomic E-state index is 12.8. The van der Waals surface area contributed by atoms with Crippen LogP contribution in [0.3, 0.4) is 0 Å². The van der Waals surface area contributed by atoms with Crippen LogP contribution < -0.4 is 4.74 Å². The highest BCUT2D eigenvalue weighted by molar-refractivity contribution is 5.76. The van der Waals surface area contributed by atoms with E-state index in [0.717, 1.165) is 44.3 Å². The highest BCUT2D eigenvalue weighted by Gasteiger charge is 2.33. The third-order valence-electron chi connectivity index (χ3n) is 8.41. The number of hydrogen-bond acceptors (Lipinski definition) is 3. The monoisotopic (exact) mass is 453 g/mol. The lowest BCUT2D eigenvalue weighted by Crippen LogP contribution is -2.40. The number of benzene rings is 1. The van der Waals surface area contributed by atoms with Gasteiger partial charge in [-0.2, -0.15) is 0 Å². The van der Waals surface area contributed by atoms with Crippen LogP contribution in [0.15, 0.2) is 24.3 Å². The SMILES string of the molecule is O=C1N(CCCCN2CCC(c3ccccc3OCC3CC3)CC2)CCN1C1CCCCC1. The van der Waals surface area contributed by atoms with Gasteiger partial charge in [0.05, 0.1) is 6.61 Å². The van der Waals surface area contributed by atoms with E-state index in [9.17, 15) is 4.79 Å². The summed E-state index contributed by atoms with van der Waals surface area (Å²) < 4.78 is 6.17. The van der Waals surface area contributed by atoms with Crippen molar-refractivity contribution >= 4 is 6.03 Å². The van der Waals surface area contributed by atoms with Crippen molar-refractivity contribution in [1.82, 2.24) is 14.7 Å². The van der Waals surface area contributed by atoms with Crippen LogP contribution >= 0.6 is 0 Å². The fraction of sp³-hybridized carbons (Fsp3) is 0.750. The summed E-state index contributed by atoms with van der Waals surface area (Å²) in [6, 6.07) is 9.55. The molecule has 5 nitrogen and oxygen atoms in total. The first-order chi connectivity index (χ1) is 16.3. The molecule has 2 aliphatic heterocycles. The number of carbonyl (C=O) groups excluding carboxylic acids is 1. The van der Waals surface area contributed by atoms with E-state index in [-0.39, 0.29) is 0 Å². The van der Waals surface area contributed by atoms with Crippen LogP contribution in [0.4, 0.5) is 4.79 Å². The molecule has 0 radical (unpaired) electrons. The summed E-state index contributed by atoms with van der Waals surface area (Å²) in [5.74, 6) is 2.55. The van der Waals surface area contributed by atoms with Gasteiger partial charge in [0.25, 0.3) is 0 Å². The molecule has 4 fully saturated rings. The minimum Gasteiger partial charge on any atom is -0.493 e. The maximum atomic E-state index is 12.8. The summed E-state index contributed by atoms with van der Waals surface area (Å²) in [5.41, 5.74) is 1.42. The third-order valence-corrected chi connectivity index (χ3v) is 8.41. The fourth-order valence-electron chi connectivity index (χ4n) is 6.09. The second kappa shape index (κ2) is 11.1. The van der Waals surface area contributed by atoms with Crippen molar-refractivity contribution in [1.29, 1.82) is 0 Å². The number of rotatable bonds is 10. The lowest BCUT2D eigenvalue weighted by Gasteiger charge is -2.33.